The number of nitrogens with one attached hydrogen (secondary N) is 1. The summed E-state index contributed by atoms with van der Waals surface area (Å²) in [6.45, 7) is 5.47. The van der Waals surface area contributed by atoms with Crippen molar-refractivity contribution in [3.63, 3.8) is 0 Å². The van der Waals surface area contributed by atoms with Gasteiger partial charge in [0.05, 0.1) is 13.2 Å². The minimum Gasteiger partial charge on any atom is -0.493 e. The Balaban J connectivity index is 1.92. The van der Waals surface area contributed by atoms with Crippen molar-refractivity contribution in [3.8, 4) is 11.8 Å². The van der Waals surface area contributed by atoms with Crippen LogP contribution in [-0.4, -0.2) is 6.61 Å². The van der Waals surface area contributed by atoms with Crippen LogP contribution in [0.25, 0.3) is 0 Å². The van der Waals surface area contributed by atoms with Gasteiger partial charge in [0, 0.05) is 11.8 Å². The Labute approximate surface area is 119 Å². The van der Waals surface area contributed by atoms with Crippen LogP contribution in [0.5, 0.6) is 5.75 Å². The summed E-state index contributed by atoms with van der Waals surface area (Å²) in [5, 5.41) is 11.9. The van der Waals surface area contributed by atoms with Gasteiger partial charge in [-0.3, -0.25) is 0 Å². The van der Waals surface area contributed by atoms with Gasteiger partial charge >= 0.3 is 0 Å². The molecule has 0 radical (unpaired) electrons. The molecule has 0 unspecified atom stereocenters. The van der Waals surface area contributed by atoms with Gasteiger partial charge in [0.2, 0.25) is 5.76 Å². The van der Waals surface area contributed by atoms with Crippen molar-refractivity contribution >= 4 is 5.69 Å². The van der Waals surface area contributed by atoms with E-state index in [1.165, 1.54) is 0 Å². The molecule has 1 heterocycles. The number of hydrogen-bond donors (Lipinski definition) is 1. The number of ether oxygens (including phenoxy) is 1. The molecular formula is C16H18N2O2. The van der Waals surface area contributed by atoms with Crippen molar-refractivity contribution in [3.05, 3.63) is 47.9 Å². The lowest BCUT2D eigenvalue weighted by Gasteiger charge is -2.10. The van der Waals surface area contributed by atoms with Gasteiger partial charge in [-0.15, -0.1) is 0 Å². The van der Waals surface area contributed by atoms with Crippen LogP contribution in [0.1, 0.15) is 25.4 Å². The molecule has 0 spiro atoms. The number of rotatable bonds is 6. The zero-order valence-electron chi connectivity index (χ0n) is 11.7. The summed E-state index contributed by atoms with van der Waals surface area (Å²) in [4.78, 5) is 0. The summed E-state index contributed by atoms with van der Waals surface area (Å²) in [7, 11) is 0. The molecule has 0 aliphatic carbocycles. The fraction of sp³-hybridized carbons (Fsp3) is 0.312. The van der Waals surface area contributed by atoms with Crippen LogP contribution in [0, 0.1) is 17.2 Å². The molecule has 20 heavy (non-hydrogen) atoms. The molecule has 0 fully saturated rings. The molecule has 0 saturated heterocycles. The summed E-state index contributed by atoms with van der Waals surface area (Å²) in [5.74, 6) is 2.41. The summed E-state index contributed by atoms with van der Waals surface area (Å²) in [5.41, 5.74) is 0.959. The van der Waals surface area contributed by atoms with Gasteiger partial charge in [-0.2, -0.15) is 5.26 Å². The summed E-state index contributed by atoms with van der Waals surface area (Å²) in [6.07, 6.45) is 0. The second-order valence-electron chi connectivity index (χ2n) is 4.96. The lowest BCUT2D eigenvalue weighted by Crippen LogP contribution is -2.05. The third kappa shape index (κ3) is 4.06. The molecule has 0 aliphatic heterocycles. The van der Waals surface area contributed by atoms with E-state index in [0.717, 1.165) is 17.2 Å². The van der Waals surface area contributed by atoms with Gasteiger partial charge in [-0.05, 0) is 30.2 Å². The van der Waals surface area contributed by atoms with Gasteiger partial charge in [0.15, 0.2) is 0 Å². The molecule has 1 N–H and O–H groups in total. The lowest BCUT2D eigenvalue weighted by atomic mass is 10.2. The van der Waals surface area contributed by atoms with Gasteiger partial charge < -0.3 is 14.5 Å². The minimum atomic E-state index is 0.329. The SMILES string of the molecule is CC(C)COc1cccc(NCc2ccc(C#N)o2)c1. The van der Waals surface area contributed by atoms with E-state index in [2.05, 4.69) is 19.2 Å². The van der Waals surface area contributed by atoms with E-state index in [-0.39, 0.29) is 0 Å². The quantitative estimate of drug-likeness (QED) is 0.867. The van der Waals surface area contributed by atoms with Crippen molar-refractivity contribution in [2.75, 3.05) is 11.9 Å². The van der Waals surface area contributed by atoms with Crippen LogP contribution in [0.3, 0.4) is 0 Å². The first kappa shape index (κ1) is 14.0. The molecule has 0 saturated carbocycles. The van der Waals surface area contributed by atoms with Crippen molar-refractivity contribution in [2.24, 2.45) is 5.92 Å². The Hall–Kier alpha value is -2.41. The van der Waals surface area contributed by atoms with Crippen LogP contribution in [-0.2, 0) is 6.54 Å². The molecule has 0 aliphatic rings. The number of nitriles is 1. The first-order chi connectivity index (χ1) is 9.67. The smallest absolute Gasteiger partial charge is 0.203 e. The Bertz CT molecular complexity index is 597. The highest BCUT2D eigenvalue weighted by molar-refractivity contribution is 5.48. The molecule has 104 valence electrons. The van der Waals surface area contributed by atoms with Gasteiger partial charge in [0.1, 0.15) is 17.6 Å². The minimum absolute atomic E-state index is 0.329. The molecule has 0 atom stereocenters. The maximum Gasteiger partial charge on any atom is 0.203 e. The number of furan rings is 1. The third-order valence-corrected chi connectivity index (χ3v) is 2.66. The third-order valence-electron chi connectivity index (χ3n) is 2.66. The van der Waals surface area contributed by atoms with E-state index in [9.17, 15) is 0 Å². The molecule has 1 aromatic heterocycles. The molecule has 0 bridgehead atoms. The predicted octanol–water partition coefficient (Wildman–Crippen LogP) is 3.80. The van der Waals surface area contributed by atoms with Crippen LogP contribution in [0.15, 0.2) is 40.8 Å². The van der Waals surface area contributed by atoms with Crippen LogP contribution >= 0.6 is 0 Å². The summed E-state index contributed by atoms with van der Waals surface area (Å²) in [6, 6.07) is 13.2. The van der Waals surface area contributed by atoms with E-state index < -0.39 is 0 Å². The molecule has 2 aromatic rings. The van der Waals surface area contributed by atoms with E-state index >= 15 is 0 Å². The maximum absolute atomic E-state index is 8.70. The lowest BCUT2D eigenvalue weighted by molar-refractivity contribution is 0.271. The summed E-state index contributed by atoms with van der Waals surface area (Å²) < 4.78 is 11.0. The van der Waals surface area contributed by atoms with Gasteiger partial charge in [-0.25, -0.2) is 0 Å². The topological polar surface area (TPSA) is 58.2 Å². The van der Waals surface area contributed by atoms with Crippen molar-refractivity contribution in [2.45, 2.75) is 20.4 Å². The van der Waals surface area contributed by atoms with E-state index in [4.69, 9.17) is 14.4 Å². The number of nitrogens with zero attached hydrogens (tertiary/aromatic N) is 1. The van der Waals surface area contributed by atoms with Crippen LogP contribution < -0.4 is 10.1 Å². The fourth-order valence-electron chi connectivity index (χ4n) is 1.68. The normalized spacial score (nSPS) is 10.3. The highest BCUT2D eigenvalue weighted by Gasteiger charge is 2.02. The monoisotopic (exact) mass is 270 g/mol. The average molecular weight is 270 g/mol. The molecule has 1 aromatic carbocycles. The van der Waals surface area contributed by atoms with E-state index in [1.54, 1.807) is 12.1 Å². The van der Waals surface area contributed by atoms with E-state index in [1.807, 2.05) is 30.3 Å². The summed E-state index contributed by atoms with van der Waals surface area (Å²) >= 11 is 0. The van der Waals surface area contributed by atoms with Crippen LogP contribution in [0.4, 0.5) is 5.69 Å². The Morgan fingerprint density at radius 2 is 2.15 bits per heavy atom. The van der Waals surface area contributed by atoms with Crippen molar-refractivity contribution in [1.29, 1.82) is 5.26 Å². The molecular weight excluding hydrogens is 252 g/mol. The second kappa shape index (κ2) is 6.67. The zero-order chi connectivity index (χ0) is 14.4. The number of hydrogen-bond acceptors (Lipinski definition) is 4. The highest BCUT2D eigenvalue weighted by atomic mass is 16.5. The first-order valence-corrected chi connectivity index (χ1v) is 6.63. The number of anilines is 1. The molecule has 4 heteroatoms. The largest absolute Gasteiger partial charge is 0.493 e. The number of benzene rings is 1. The molecule has 2 rings (SSSR count). The Kier molecular flexibility index (Phi) is 4.67. The van der Waals surface area contributed by atoms with E-state index in [0.29, 0.717) is 24.8 Å². The highest BCUT2D eigenvalue weighted by Crippen LogP contribution is 2.19. The molecule has 0 amide bonds. The Morgan fingerprint density at radius 1 is 1.30 bits per heavy atom. The average Bonchev–Trinajstić information content (AvgIpc) is 2.91. The van der Waals surface area contributed by atoms with Crippen molar-refractivity contribution in [1.82, 2.24) is 0 Å². The predicted molar refractivity (Wildman–Crippen MR) is 77.5 cm³/mol. The maximum atomic E-state index is 8.70. The van der Waals surface area contributed by atoms with Gasteiger partial charge in [0.25, 0.3) is 0 Å². The standard InChI is InChI=1S/C16H18N2O2/c1-12(2)11-19-14-5-3-4-13(8-14)18-10-16-7-6-15(9-17)20-16/h3-8,12,18H,10-11H2,1-2H3. The van der Waals surface area contributed by atoms with Crippen molar-refractivity contribution < 1.29 is 9.15 Å². The zero-order valence-corrected chi connectivity index (χ0v) is 11.7. The molecule has 4 nitrogen and oxygen atoms in total. The first-order valence-electron chi connectivity index (χ1n) is 6.63. The van der Waals surface area contributed by atoms with Crippen LogP contribution in [0.2, 0.25) is 0 Å². The van der Waals surface area contributed by atoms with Gasteiger partial charge in [-0.1, -0.05) is 19.9 Å². The second-order valence-corrected chi connectivity index (χ2v) is 4.96. The fourth-order valence-corrected chi connectivity index (χ4v) is 1.68. The Morgan fingerprint density at radius 3 is 2.85 bits per heavy atom.